The Kier molecular flexibility index (Phi) is 28.5. The number of nitrogens with one attached hydrogen (secondary N) is 2. The van der Waals surface area contributed by atoms with E-state index in [1.54, 1.807) is 6.26 Å². The van der Waals surface area contributed by atoms with Crippen molar-refractivity contribution in [3.8, 4) is 6.26 Å². The summed E-state index contributed by atoms with van der Waals surface area (Å²) in [6.07, 6.45) is 10.4. The van der Waals surface area contributed by atoms with E-state index in [2.05, 4.69) is 15.4 Å². The standard InChI is InChI=1S/C16H32N2O5Si.C10H21NO4Si.C6H11NO.H2/c1-4-21-24(22-5-2,23-6-3)14-10-12-17-16(20)18-13-9-7-8-11-15(18)19;1-4-13-16(14-5-2,15-6-3)9-7-8-12-10-11;8-6-4-2-1-3-5-7-6;/h4-14H2,1-3H3,(H,17,20);4-9H2,1-3H3;1-5H2,(H,7,8);1H/i;;;1+1. The van der Waals surface area contributed by atoms with Gasteiger partial charge in [-0.15, -0.1) is 0 Å². The first kappa shape index (κ1) is 45.9. The fraction of sp³-hybridized carbons (Fsp3) is 0.875. The molecule has 0 spiro atoms. The molecule has 48 heavy (non-hydrogen) atoms. The molecule has 2 heterocycles. The predicted octanol–water partition coefficient (Wildman–Crippen LogP) is 5.38. The number of urea groups is 1. The Bertz CT molecular complexity index is 860. The number of ether oxygens (including phenoxy) is 1. The zero-order chi connectivity index (χ0) is 35.9. The lowest BCUT2D eigenvalue weighted by Crippen LogP contribution is -2.47. The number of rotatable bonds is 20. The van der Waals surface area contributed by atoms with Crippen LogP contribution in [0, 0.1) is 11.5 Å². The third-order valence-corrected chi connectivity index (χ3v) is 13.4. The molecule has 14 nitrogen and oxygen atoms in total. The summed E-state index contributed by atoms with van der Waals surface area (Å²) in [5.41, 5.74) is 0. The molecule has 0 aromatic rings. The lowest BCUT2D eigenvalue weighted by atomic mass is 10.2. The second kappa shape index (κ2) is 29.8. The summed E-state index contributed by atoms with van der Waals surface area (Å²) in [7, 11) is -5.20. The van der Waals surface area contributed by atoms with Crippen LogP contribution in [0.1, 0.15) is 107 Å². The number of carbonyl (C=O) groups excluding carboxylic acids is 3. The molecule has 0 saturated carbocycles. The van der Waals surface area contributed by atoms with Gasteiger partial charge in [0.15, 0.2) is 0 Å². The van der Waals surface area contributed by atoms with Crippen LogP contribution in [0.2, 0.25) is 12.1 Å². The molecular formula is C32H66N4O10Si2. The highest BCUT2D eigenvalue weighted by Crippen LogP contribution is 2.19. The van der Waals surface area contributed by atoms with Crippen molar-refractivity contribution in [2.45, 2.75) is 118 Å². The van der Waals surface area contributed by atoms with E-state index in [9.17, 15) is 14.4 Å². The second-order valence-corrected chi connectivity index (χ2v) is 16.3. The van der Waals surface area contributed by atoms with Crippen molar-refractivity contribution in [1.82, 2.24) is 15.5 Å². The molecule has 0 aromatic carbocycles. The summed E-state index contributed by atoms with van der Waals surface area (Å²) in [5.74, 6) is 0.147. The Morgan fingerprint density at radius 2 is 1.27 bits per heavy atom. The molecule has 2 aliphatic heterocycles. The molecule has 0 bridgehead atoms. The van der Waals surface area contributed by atoms with E-state index in [1.807, 2.05) is 41.5 Å². The van der Waals surface area contributed by atoms with E-state index >= 15 is 0 Å². The zero-order valence-corrected chi connectivity index (χ0v) is 32.5. The minimum absolute atomic E-state index is 0. The van der Waals surface area contributed by atoms with Crippen LogP contribution in [0.3, 0.4) is 0 Å². The van der Waals surface area contributed by atoms with Gasteiger partial charge >= 0.3 is 23.6 Å². The van der Waals surface area contributed by atoms with E-state index < -0.39 is 17.6 Å². The third-order valence-electron chi connectivity index (χ3n) is 7.14. The smallest absolute Gasteiger partial charge is 0.428 e. The van der Waals surface area contributed by atoms with Crippen molar-refractivity contribution in [2.24, 2.45) is 0 Å². The monoisotopic (exact) mass is 723 g/mol. The summed E-state index contributed by atoms with van der Waals surface area (Å²) >= 11 is 0. The number of nitrogens with zero attached hydrogens (tertiary/aromatic N) is 2. The van der Waals surface area contributed by atoms with Crippen LogP contribution in [-0.2, 0) is 40.9 Å². The van der Waals surface area contributed by atoms with E-state index in [1.165, 1.54) is 11.3 Å². The van der Waals surface area contributed by atoms with Crippen molar-refractivity contribution >= 4 is 35.5 Å². The lowest BCUT2D eigenvalue weighted by Gasteiger charge is -2.28. The molecule has 0 atom stereocenters. The molecule has 2 fully saturated rings. The average molecular weight is 724 g/mol. The quantitative estimate of drug-likeness (QED) is 0.0940. The number of nitriles is 1. The highest BCUT2D eigenvalue weighted by Gasteiger charge is 2.40. The fourth-order valence-electron chi connectivity index (χ4n) is 5.11. The van der Waals surface area contributed by atoms with Gasteiger partial charge in [0.1, 0.15) is 6.61 Å². The molecule has 16 heteroatoms. The van der Waals surface area contributed by atoms with Gasteiger partial charge in [0.2, 0.25) is 11.8 Å². The van der Waals surface area contributed by atoms with Crippen molar-refractivity contribution in [1.29, 1.82) is 5.26 Å². The molecule has 0 aromatic heterocycles. The molecule has 0 unspecified atom stereocenters. The average Bonchev–Trinajstić information content (AvgIpc) is 3.44. The van der Waals surface area contributed by atoms with Crippen LogP contribution in [-0.4, -0.2) is 106 Å². The second-order valence-electron chi connectivity index (χ2n) is 10.9. The minimum Gasteiger partial charge on any atom is -0.428 e. The van der Waals surface area contributed by atoms with Gasteiger partial charge in [-0.05, 0) is 80.1 Å². The van der Waals surface area contributed by atoms with E-state index in [0.29, 0.717) is 90.7 Å². The maximum absolute atomic E-state index is 12.2. The molecule has 0 radical (unpaired) electrons. The molecule has 4 amide bonds. The van der Waals surface area contributed by atoms with Crippen LogP contribution in [0.15, 0.2) is 0 Å². The third kappa shape index (κ3) is 21.1. The predicted molar refractivity (Wildman–Crippen MR) is 189 cm³/mol. The number of imide groups is 1. The Morgan fingerprint density at radius 3 is 1.79 bits per heavy atom. The van der Waals surface area contributed by atoms with Gasteiger partial charge in [0, 0.05) is 85.6 Å². The van der Waals surface area contributed by atoms with Gasteiger partial charge in [0.25, 0.3) is 6.26 Å². The summed E-state index contributed by atoms with van der Waals surface area (Å²) in [4.78, 5) is 36.0. The Hall–Kier alpha value is -2.11. The summed E-state index contributed by atoms with van der Waals surface area (Å²) in [6, 6.07) is 1.04. The van der Waals surface area contributed by atoms with Crippen LogP contribution in [0.4, 0.5) is 4.79 Å². The summed E-state index contributed by atoms with van der Waals surface area (Å²) < 4.78 is 38.9. The van der Waals surface area contributed by atoms with E-state index in [4.69, 9.17) is 31.8 Å². The maximum atomic E-state index is 12.2. The largest absolute Gasteiger partial charge is 0.501 e. The number of hydrogen-bond acceptors (Lipinski definition) is 11. The van der Waals surface area contributed by atoms with E-state index in [0.717, 1.165) is 45.1 Å². The number of hydrogen-bond donors (Lipinski definition) is 2. The zero-order valence-electron chi connectivity index (χ0n) is 30.5. The molecule has 282 valence electrons. The highest BCUT2D eigenvalue weighted by molar-refractivity contribution is 6.61. The number of amides is 4. The lowest BCUT2D eigenvalue weighted by molar-refractivity contribution is -0.127. The topological polar surface area (TPSA) is 167 Å². The van der Waals surface area contributed by atoms with Gasteiger partial charge < -0.3 is 41.9 Å². The number of carbonyl (C=O) groups is 3. The highest BCUT2D eigenvalue weighted by atomic mass is 28.4. The van der Waals surface area contributed by atoms with Crippen LogP contribution in [0.5, 0.6) is 0 Å². The Labute approximate surface area is 293 Å². The summed E-state index contributed by atoms with van der Waals surface area (Å²) in [6.45, 7) is 17.2. The first-order valence-corrected chi connectivity index (χ1v) is 21.8. The fourth-order valence-corrected chi connectivity index (χ4v) is 10.3. The molecule has 2 aliphatic rings. The van der Waals surface area contributed by atoms with Gasteiger partial charge in [-0.3, -0.25) is 14.5 Å². The van der Waals surface area contributed by atoms with Gasteiger partial charge in [-0.1, -0.05) is 12.8 Å². The number of likely N-dealkylation sites (tertiary alicyclic amines) is 1. The van der Waals surface area contributed by atoms with Gasteiger partial charge in [-0.25, -0.2) is 4.79 Å². The molecule has 2 saturated heterocycles. The first-order chi connectivity index (χ1) is 23.2. The maximum Gasteiger partial charge on any atom is 0.501 e. The molecule has 2 N–H and O–H groups in total. The Morgan fingerprint density at radius 1 is 0.771 bits per heavy atom. The molecule has 0 aliphatic carbocycles. The van der Waals surface area contributed by atoms with Crippen molar-refractivity contribution in [3.05, 3.63) is 0 Å². The van der Waals surface area contributed by atoms with Crippen LogP contribution >= 0.6 is 0 Å². The molecule has 2 rings (SSSR count). The summed E-state index contributed by atoms with van der Waals surface area (Å²) in [5, 5.41) is 13.9. The van der Waals surface area contributed by atoms with Crippen LogP contribution < -0.4 is 10.6 Å². The molecular weight excluding hydrogens is 657 g/mol. The van der Waals surface area contributed by atoms with Crippen molar-refractivity contribution in [3.63, 3.8) is 0 Å². The minimum atomic E-state index is -2.66. The van der Waals surface area contributed by atoms with E-state index in [-0.39, 0.29) is 19.3 Å². The first-order valence-electron chi connectivity index (χ1n) is 17.9. The normalized spacial score (nSPS) is 15.4. The van der Waals surface area contributed by atoms with Gasteiger partial charge in [0.05, 0.1) is 0 Å². The van der Waals surface area contributed by atoms with Crippen LogP contribution in [0.25, 0.3) is 0 Å². The van der Waals surface area contributed by atoms with Gasteiger partial charge in [-0.2, -0.15) is 5.26 Å². The SMILES string of the molecule is CCO[Si](CCCNC(=O)N1CCCCCC1=O)(OCC)OCC.CCO[Si](CCCOC#N)(OCC)OCC.O=C1CCCCCN1.[2HH]. The van der Waals surface area contributed by atoms with Crippen molar-refractivity contribution in [2.75, 3.05) is 65.9 Å². The Balaban J connectivity index is 0. The van der Waals surface area contributed by atoms with Crippen molar-refractivity contribution < 1.29 is 47.1 Å².